The van der Waals surface area contributed by atoms with Crippen molar-refractivity contribution in [2.75, 3.05) is 23.9 Å². The highest BCUT2D eigenvalue weighted by atomic mass is 32.1. The van der Waals surface area contributed by atoms with Crippen LogP contribution < -0.4 is 15.0 Å². The highest BCUT2D eigenvalue weighted by Crippen LogP contribution is 2.31. The highest BCUT2D eigenvalue weighted by molar-refractivity contribution is 7.15. The molecular formula is C19H21N3O3S. The van der Waals surface area contributed by atoms with Crippen LogP contribution in [-0.4, -0.2) is 30.5 Å². The second kappa shape index (κ2) is 7.07. The van der Waals surface area contributed by atoms with Gasteiger partial charge in [0.25, 0.3) is 0 Å². The third kappa shape index (κ3) is 3.31. The van der Waals surface area contributed by atoms with Crippen LogP contribution in [0.15, 0.2) is 24.3 Å². The quantitative estimate of drug-likeness (QED) is 0.897. The van der Waals surface area contributed by atoms with Gasteiger partial charge in [-0.1, -0.05) is 0 Å². The van der Waals surface area contributed by atoms with E-state index in [-0.39, 0.29) is 24.2 Å². The summed E-state index contributed by atoms with van der Waals surface area (Å²) in [5.41, 5.74) is 1.91. The predicted molar refractivity (Wildman–Crippen MR) is 101 cm³/mol. The molecule has 0 unspecified atom stereocenters. The molecule has 1 aliphatic carbocycles. The molecule has 26 heavy (non-hydrogen) atoms. The number of amides is 2. The van der Waals surface area contributed by atoms with Gasteiger partial charge >= 0.3 is 0 Å². The van der Waals surface area contributed by atoms with Crippen molar-refractivity contribution in [1.82, 2.24) is 4.98 Å². The summed E-state index contributed by atoms with van der Waals surface area (Å²) in [4.78, 5) is 32.5. The van der Waals surface area contributed by atoms with Crippen molar-refractivity contribution < 1.29 is 14.3 Å². The fourth-order valence-electron chi connectivity index (χ4n) is 3.51. The monoisotopic (exact) mass is 371 g/mol. The average Bonchev–Trinajstić information content (AvgIpc) is 3.24. The van der Waals surface area contributed by atoms with Crippen LogP contribution in [0.3, 0.4) is 0 Å². The Balaban J connectivity index is 1.42. The number of carbonyl (C=O) groups excluding carboxylic acids is 2. The van der Waals surface area contributed by atoms with Crippen molar-refractivity contribution in [3.63, 3.8) is 0 Å². The number of anilines is 2. The third-order valence-corrected chi connectivity index (χ3v) is 6.03. The number of aromatic nitrogens is 1. The number of fused-ring (bicyclic) bond motifs is 1. The maximum Gasteiger partial charge on any atom is 0.231 e. The topological polar surface area (TPSA) is 71.5 Å². The van der Waals surface area contributed by atoms with Crippen LogP contribution in [0.1, 0.15) is 29.8 Å². The summed E-state index contributed by atoms with van der Waals surface area (Å²) >= 11 is 1.57. The zero-order chi connectivity index (χ0) is 18.1. The molecule has 1 aromatic heterocycles. The minimum absolute atomic E-state index is 0.0336. The fraction of sp³-hybridized carbons (Fsp3) is 0.421. The molecule has 4 rings (SSSR count). The number of methoxy groups -OCH3 is 1. The Morgan fingerprint density at radius 3 is 2.77 bits per heavy atom. The molecule has 2 aromatic rings. The lowest BCUT2D eigenvalue weighted by Gasteiger charge is -2.16. The molecule has 1 saturated heterocycles. The summed E-state index contributed by atoms with van der Waals surface area (Å²) in [6.45, 7) is 0.391. The molecule has 1 atom stereocenters. The summed E-state index contributed by atoms with van der Waals surface area (Å²) in [6.07, 6.45) is 4.63. The largest absolute Gasteiger partial charge is 0.497 e. The maximum atomic E-state index is 12.6. The lowest BCUT2D eigenvalue weighted by atomic mass is 10.0. The zero-order valence-corrected chi connectivity index (χ0v) is 15.5. The molecule has 1 aromatic carbocycles. The Hall–Kier alpha value is -2.41. The van der Waals surface area contributed by atoms with Crippen LogP contribution in [0, 0.1) is 5.92 Å². The smallest absolute Gasteiger partial charge is 0.231 e. The van der Waals surface area contributed by atoms with Crippen molar-refractivity contribution in [2.45, 2.75) is 32.1 Å². The molecule has 2 heterocycles. The van der Waals surface area contributed by atoms with Crippen molar-refractivity contribution in [3.8, 4) is 5.75 Å². The second-order valence-corrected chi connectivity index (χ2v) is 7.77. The normalized spacial score (nSPS) is 19.3. The maximum absolute atomic E-state index is 12.6. The van der Waals surface area contributed by atoms with Crippen LogP contribution in [0.25, 0.3) is 0 Å². The first-order valence-corrected chi connectivity index (χ1v) is 9.69. The van der Waals surface area contributed by atoms with Crippen molar-refractivity contribution >= 4 is 34.0 Å². The molecule has 6 nitrogen and oxygen atoms in total. The Morgan fingerprint density at radius 2 is 2.04 bits per heavy atom. The van der Waals surface area contributed by atoms with Crippen molar-refractivity contribution in [2.24, 2.45) is 5.92 Å². The molecule has 1 N–H and O–H groups in total. The lowest BCUT2D eigenvalue weighted by Crippen LogP contribution is -2.28. The van der Waals surface area contributed by atoms with Gasteiger partial charge in [0.15, 0.2) is 5.13 Å². The van der Waals surface area contributed by atoms with E-state index < -0.39 is 0 Å². The summed E-state index contributed by atoms with van der Waals surface area (Å²) in [5, 5.41) is 3.59. The predicted octanol–water partition coefficient (Wildman–Crippen LogP) is 3.02. The number of nitrogens with one attached hydrogen (secondary N) is 1. The lowest BCUT2D eigenvalue weighted by molar-refractivity contribution is -0.122. The van der Waals surface area contributed by atoms with E-state index in [0.717, 1.165) is 36.4 Å². The van der Waals surface area contributed by atoms with Gasteiger partial charge < -0.3 is 15.0 Å². The van der Waals surface area contributed by atoms with Gasteiger partial charge in [-0.15, -0.1) is 11.3 Å². The number of nitrogens with zero attached hydrogens (tertiary/aromatic N) is 2. The van der Waals surface area contributed by atoms with Gasteiger partial charge in [-0.2, -0.15) is 0 Å². The molecule has 2 aliphatic rings. The second-order valence-electron chi connectivity index (χ2n) is 6.69. The molecule has 0 spiro atoms. The summed E-state index contributed by atoms with van der Waals surface area (Å²) in [6, 6.07) is 7.31. The molecule has 7 heteroatoms. The number of hydrogen-bond donors (Lipinski definition) is 1. The Labute approximate surface area is 156 Å². The Morgan fingerprint density at radius 1 is 1.27 bits per heavy atom. The first-order chi connectivity index (χ1) is 12.6. The standard InChI is InChI=1S/C19H21N3O3S/c1-25-14-8-6-13(7-9-14)22-11-12(10-17(22)23)18(24)21-19-20-15-4-2-3-5-16(15)26-19/h6-9,12H,2-5,10-11H2,1H3,(H,20,21,24)/t12-/m1/s1. The zero-order valence-electron chi connectivity index (χ0n) is 14.7. The van der Waals surface area contributed by atoms with Crippen LogP contribution in [0.2, 0.25) is 0 Å². The third-order valence-electron chi connectivity index (χ3n) is 4.96. The molecule has 2 amide bonds. The van der Waals surface area contributed by atoms with E-state index >= 15 is 0 Å². The SMILES string of the molecule is COc1ccc(N2C[C@H](C(=O)Nc3nc4c(s3)CCCC4)CC2=O)cc1. The van der Waals surface area contributed by atoms with Gasteiger partial charge in [-0.25, -0.2) is 4.98 Å². The van der Waals surface area contributed by atoms with E-state index in [1.165, 1.54) is 11.3 Å². The van der Waals surface area contributed by atoms with Gasteiger partial charge in [0.2, 0.25) is 11.8 Å². The number of hydrogen-bond acceptors (Lipinski definition) is 5. The number of thiazole rings is 1. The Bertz CT molecular complexity index is 808. The van der Waals surface area contributed by atoms with Crippen LogP contribution in [0.4, 0.5) is 10.8 Å². The van der Waals surface area contributed by atoms with E-state index in [9.17, 15) is 9.59 Å². The van der Waals surface area contributed by atoms with Crippen LogP contribution >= 0.6 is 11.3 Å². The van der Waals surface area contributed by atoms with E-state index in [0.29, 0.717) is 11.7 Å². The number of carbonyl (C=O) groups is 2. The van der Waals surface area contributed by atoms with E-state index in [4.69, 9.17) is 4.74 Å². The molecule has 1 fully saturated rings. The number of ether oxygens (including phenoxy) is 1. The van der Waals surface area contributed by atoms with Crippen molar-refractivity contribution in [3.05, 3.63) is 34.8 Å². The molecule has 0 saturated carbocycles. The number of rotatable bonds is 4. The number of aryl methyl sites for hydroxylation is 2. The molecule has 0 bridgehead atoms. The van der Waals surface area contributed by atoms with Gasteiger partial charge in [-0.05, 0) is 49.9 Å². The molecule has 1 aliphatic heterocycles. The average molecular weight is 371 g/mol. The number of benzene rings is 1. The van der Waals surface area contributed by atoms with Gasteiger partial charge in [-0.3, -0.25) is 9.59 Å². The van der Waals surface area contributed by atoms with Gasteiger partial charge in [0.1, 0.15) is 5.75 Å². The molecule has 136 valence electrons. The first kappa shape index (κ1) is 17.0. The minimum Gasteiger partial charge on any atom is -0.497 e. The van der Waals surface area contributed by atoms with E-state index in [2.05, 4.69) is 10.3 Å². The van der Waals surface area contributed by atoms with Crippen LogP contribution in [-0.2, 0) is 22.4 Å². The summed E-state index contributed by atoms with van der Waals surface area (Å²) in [7, 11) is 1.60. The molecule has 0 radical (unpaired) electrons. The van der Waals surface area contributed by atoms with Crippen LogP contribution in [0.5, 0.6) is 5.75 Å². The Kier molecular flexibility index (Phi) is 4.63. The minimum atomic E-state index is -0.356. The van der Waals surface area contributed by atoms with E-state index in [1.807, 2.05) is 24.3 Å². The first-order valence-electron chi connectivity index (χ1n) is 8.88. The highest BCUT2D eigenvalue weighted by Gasteiger charge is 2.35. The summed E-state index contributed by atoms with van der Waals surface area (Å²) in [5.74, 6) is 0.224. The van der Waals surface area contributed by atoms with E-state index in [1.54, 1.807) is 23.3 Å². The van der Waals surface area contributed by atoms with Crippen molar-refractivity contribution in [1.29, 1.82) is 0 Å². The van der Waals surface area contributed by atoms with Gasteiger partial charge in [0.05, 0.1) is 18.7 Å². The fourth-order valence-corrected chi connectivity index (χ4v) is 4.56. The molecular weight excluding hydrogens is 350 g/mol. The van der Waals surface area contributed by atoms with Gasteiger partial charge in [0, 0.05) is 23.5 Å². The summed E-state index contributed by atoms with van der Waals surface area (Å²) < 4.78 is 5.15.